The first-order chi connectivity index (χ1) is 55.7. The van der Waals surface area contributed by atoms with Gasteiger partial charge in [-0.15, -0.1) is 0 Å². The number of hydrogen-bond acceptors (Lipinski definition) is 15. The number of piperidine rings is 1. The Hall–Kier alpha value is -9.20. The number of Topliss-reactive ketones (excluding diaryl/α,β-unsaturated/α-hetero) is 3. The van der Waals surface area contributed by atoms with Crippen LogP contribution in [0.25, 0.3) is 0 Å². The van der Waals surface area contributed by atoms with Gasteiger partial charge in [0, 0.05) is 99.3 Å². The number of benzene rings is 3. The van der Waals surface area contributed by atoms with Gasteiger partial charge in [-0.2, -0.15) is 0 Å². The number of nitrogens with one attached hydrogen (secondary N) is 4. The molecular formula is C92H139N11O15. The molecule has 26 heteroatoms. The summed E-state index contributed by atoms with van der Waals surface area (Å²) in [7, 11) is 7.19. The van der Waals surface area contributed by atoms with Crippen LogP contribution in [0, 0.1) is 53.3 Å². The van der Waals surface area contributed by atoms with Crippen LogP contribution in [-0.2, 0) is 86.4 Å². The van der Waals surface area contributed by atoms with Crippen LogP contribution in [0.4, 0.5) is 0 Å². The summed E-state index contributed by atoms with van der Waals surface area (Å²) in [6.07, 6.45) is 0.319. The van der Waals surface area contributed by atoms with Crippen molar-refractivity contribution in [2.45, 2.75) is 279 Å². The zero-order valence-electron chi connectivity index (χ0n) is 73.8. The lowest BCUT2D eigenvalue weighted by Gasteiger charge is -2.38. The highest BCUT2D eigenvalue weighted by molar-refractivity contribution is 6.01. The van der Waals surface area contributed by atoms with E-state index < -0.39 is 186 Å². The predicted molar refractivity (Wildman–Crippen MR) is 454 cm³/mol. The molecule has 3 aliphatic heterocycles. The van der Waals surface area contributed by atoms with Gasteiger partial charge in [0.25, 0.3) is 0 Å². The number of carbonyl (C=O) groups is 14. The van der Waals surface area contributed by atoms with Crippen LogP contribution in [0.3, 0.4) is 0 Å². The molecule has 16 atom stereocenters. The molecule has 0 aromatic heterocycles. The molecule has 5 N–H and O–H groups in total. The third-order valence-electron chi connectivity index (χ3n) is 24.4. The molecule has 3 fully saturated rings. The largest absolute Gasteiger partial charge is 0.393 e. The van der Waals surface area contributed by atoms with Crippen LogP contribution in [0.5, 0.6) is 0 Å². The van der Waals surface area contributed by atoms with Crippen molar-refractivity contribution >= 4 is 82.3 Å². The predicted octanol–water partition coefficient (Wildman–Crippen LogP) is 8.60. The summed E-state index contributed by atoms with van der Waals surface area (Å²) < 4.78 is 0. The summed E-state index contributed by atoms with van der Waals surface area (Å²) in [6, 6.07) is 14.5. The maximum atomic E-state index is 15.9. The minimum Gasteiger partial charge on any atom is -0.393 e. The zero-order valence-corrected chi connectivity index (χ0v) is 73.8. The third-order valence-corrected chi connectivity index (χ3v) is 24.4. The summed E-state index contributed by atoms with van der Waals surface area (Å²) >= 11 is 0. The van der Waals surface area contributed by atoms with Crippen molar-refractivity contribution in [3.63, 3.8) is 0 Å². The van der Waals surface area contributed by atoms with Gasteiger partial charge >= 0.3 is 0 Å². The summed E-state index contributed by atoms with van der Waals surface area (Å²) in [5.74, 6) is -15.0. The van der Waals surface area contributed by atoms with E-state index in [0.717, 1.165) is 29.7 Å². The molecule has 0 saturated carbocycles. The molecule has 0 radical (unpaired) electrons. The molecule has 652 valence electrons. The number of aliphatic hydroxyl groups is 1. The van der Waals surface area contributed by atoms with E-state index in [0.29, 0.717) is 43.5 Å². The van der Waals surface area contributed by atoms with Crippen molar-refractivity contribution in [3.05, 3.63) is 108 Å². The van der Waals surface area contributed by atoms with Gasteiger partial charge in [-0.3, -0.25) is 67.1 Å². The molecule has 0 spiro atoms. The molecule has 3 heterocycles. The van der Waals surface area contributed by atoms with Crippen molar-refractivity contribution in [2.75, 3.05) is 54.9 Å². The van der Waals surface area contributed by atoms with Crippen LogP contribution < -0.4 is 21.3 Å². The number of carbonyl (C=O) groups excluding carboxylic acids is 14. The highest BCUT2D eigenvalue weighted by Gasteiger charge is 2.46. The number of aliphatic hydroxyl groups excluding tert-OH is 1. The molecule has 3 aromatic carbocycles. The Kier molecular flexibility index (Phi) is 38.4. The summed E-state index contributed by atoms with van der Waals surface area (Å²) in [5, 5.41) is 23.3. The summed E-state index contributed by atoms with van der Waals surface area (Å²) in [5.41, 5.74) is 1.99. The van der Waals surface area contributed by atoms with E-state index in [-0.39, 0.29) is 99.8 Å². The first-order valence-electron chi connectivity index (χ1n) is 43.2. The monoisotopic (exact) mass is 1640 g/mol. The summed E-state index contributed by atoms with van der Waals surface area (Å²) in [4.78, 5) is 224. The minimum atomic E-state index is -1.61. The molecule has 3 saturated heterocycles. The molecule has 0 unspecified atom stereocenters. The Morgan fingerprint density at radius 1 is 0.508 bits per heavy atom. The fourth-order valence-corrected chi connectivity index (χ4v) is 16.4. The molecular weight excluding hydrogens is 1500 g/mol. The SMILES string of the molecule is CC[C@H](C)[C@H](NC(=O)[C@H](Cc1ccccc1)N(C)C(=O)[C@H]1CC(=O)[C@H](CC(C)C)NC(=O)[C@H]([C@@H](C)O)CC(=O)[C@@H]2CCCN2C(=O)[C@H]([C@@H](C)CC)NC(=O)[C@H](CC(C)C)N(C)C(=O)[C@H](Cc2ccccc2)CC(=O)[C@H](CC(C)C)N(C)C(=O)[C@H](CC(C)C)N(C)C(=O)[C@H](Cc2ccccc2)NC(=O)[C@H](C)N(C)C(=O)C1)C(=O)N1CCCCC1. The van der Waals surface area contributed by atoms with Gasteiger partial charge < -0.3 is 60.7 Å². The van der Waals surface area contributed by atoms with Gasteiger partial charge in [-0.05, 0) is 130 Å². The van der Waals surface area contributed by atoms with Crippen molar-refractivity contribution in [1.29, 1.82) is 0 Å². The Morgan fingerprint density at radius 2 is 1.03 bits per heavy atom. The normalized spacial score (nSPS) is 25.1. The molecule has 11 amide bonds. The maximum absolute atomic E-state index is 15.9. The Labute approximate surface area is 701 Å². The molecule has 3 aliphatic rings. The number of likely N-dealkylation sites (N-methyl/N-ethyl adjacent to an activating group) is 5. The molecule has 0 aliphatic carbocycles. The van der Waals surface area contributed by atoms with E-state index in [1.54, 1.807) is 86.3 Å². The van der Waals surface area contributed by atoms with Crippen LogP contribution in [0.2, 0.25) is 0 Å². The zero-order chi connectivity index (χ0) is 87.7. The number of amides is 11. The minimum absolute atomic E-state index is 0.0305. The number of rotatable bonds is 24. The fraction of sp³-hybridized carbons (Fsp3) is 0.652. The smallest absolute Gasteiger partial charge is 0.246 e. The van der Waals surface area contributed by atoms with Crippen LogP contribution in [-0.4, -0.2) is 243 Å². The van der Waals surface area contributed by atoms with E-state index in [1.807, 2.05) is 92.6 Å². The summed E-state index contributed by atoms with van der Waals surface area (Å²) in [6.45, 7) is 26.3. The van der Waals surface area contributed by atoms with E-state index in [2.05, 4.69) is 21.3 Å². The first-order valence-corrected chi connectivity index (χ1v) is 43.2. The topological polar surface area (TPSA) is 330 Å². The van der Waals surface area contributed by atoms with Crippen molar-refractivity contribution in [1.82, 2.24) is 55.6 Å². The van der Waals surface area contributed by atoms with Gasteiger partial charge in [-0.1, -0.05) is 187 Å². The second kappa shape index (κ2) is 46.4. The second-order valence-corrected chi connectivity index (χ2v) is 35.5. The number of fused-ring (bicyclic) bond motifs is 1. The lowest BCUT2D eigenvalue weighted by Crippen LogP contribution is -2.59. The highest BCUT2D eigenvalue weighted by atomic mass is 16.3. The molecule has 118 heavy (non-hydrogen) atoms. The average Bonchev–Trinajstić information content (AvgIpc) is 1.70. The van der Waals surface area contributed by atoms with Crippen molar-refractivity contribution in [3.8, 4) is 0 Å². The maximum Gasteiger partial charge on any atom is 0.246 e. The lowest BCUT2D eigenvalue weighted by molar-refractivity contribution is -0.150. The number of nitrogens with zero attached hydrogens (tertiary/aromatic N) is 7. The quantitative estimate of drug-likeness (QED) is 0.0560. The van der Waals surface area contributed by atoms with Gasteiger partial charge in [0.2, 0.25) is 65.0 Å². The van der Waals surface area contributed by atoms with Gasteiger partial charge in [0.05, 0.1) is 36.1 Å². The van der Waals surface area contributed by atoms with Crippen LogP contribution in [0.15, 0.2) is 91.0 Å². The third kappa shape index (κ3) is 27.4. The van der Waals surface area contributed by atoms with Crippen LogP contribution in [0.1, 0.15) is 210 Å². The van der Waals surface area contributed by atoms with E-state index in [9.17, 15) is 14.7 Å². The van der Waals surface area contributed by atoms with Crippen LogP contribution >= 0.6 is 0 Å². The average molecular weight is 1640 g/mol. The number of hydrogen-bond donors (Lipinski definition) is 5. The first kappa shape index (κ1) is 97.6. The number of likely N-dealkylation sites (tertiary alicyclic amines) is 1. The van der Waals surface area contributed by atoms with Crippen molar-refractivity contribution in [2.24, 2.45) is 53.3 Å². The van der Waals surface area contributed by atoms with E-state index in [4.69, 9.17) is 0 Å². The van der Waals surface area contributed by atoms with Crippen molar-refractivity contribution < 1.29 is 72.2 Å². The number of ketones is 3. The Balaban J connectivity index is 1.52. The van der Waals surface area contributed by atoms with E-state index in [1.165, 1.54) is 73.6 Å². The Bertz CT molecular complexity index is 3870. The van der Waals surface area contributed by atoms with Gasteiger partial charge in [0.1, 0.15) is 42.3 Å². The Morgan fingerprint density at radius 3 is 1.57 bits per heavy atom. The molecule has 0 bridgehead atoms. The molecule has 6 rings (SSSR count). The fourth-order valence-electron chi connectivity index (χ4n) is 16.4. The lowest BCUT2D eigenvalue weighted by atomic mass is 9.87. The van der Waals surface area contributed by atoms with E-state index >= 15 is 57.5 Å². The second-order valence-electron chi connectivity index (χ2n) is 35.5. The molecule has 3 aromatic rings. The standard InChI is InChI=1S/C92H139N11O15/c1-20-60(11)81(91(117)102-42-32-25-33-43-102)95-86(112)75(51-66-39-30-24-31-40-66)100(18)88(114)68-52-77(105)70(45-56(3)4)93-84(110)69(63(14)104)55-79(107)72-41-34-44-103(72)92(118)82(61(12)21-2)96-85(111)74(47-58(7)8)99(17)87(113)67(49-64-35-26-22-27-36-64)53-78(106)73(46-57(5)6)98(16)90(116)76(48-59(9)10)101(19)89(115)71(50-65-37-28-23-29-38-65)94-83(109)62(13)97(15)80(108)54-68/h22-24,26-31,35-40,56-63,67-76,81-82,104H,20-21,25,32-34,41-55H2,1-19H3,(H,93,110)(H,94,109)(H,95,112)(H,96,111)/t60-,61-,62-,63+,67+,68-,69-,70-,71-,72-,73-,74-,75-,76-,81-,82-/m0/s1. The highest BCUT2D eigenvalue weighted by Crippen LogP contribution is 2.31. The van der Waals surface area contributed by atoms with Gasteiger partial charge in [-0.25, -0.2) is 0 Å². The van der Waals surface area contributed by atoms with Gasteiger partial charge in [0.15, 0.2) is 17.3 Å². The molecule has 26 nitrogen and oxygen atoms in total.